The molecule has 1 aromatic heterocycles. The molecule has 0 aliphatic rings. The van der Waals surface area contributed by atoms with E-state index in [-0.39, 0.29) is 0 Å². The van der Waals surface area contributed by atoms with Gasteiger partial charge in [0.15, 0.2) is 0 Å². The van der Waals surface area contributed by atoms with Crippen molar-refractivity contribution in [1.82, 2.24) is 5.32 Å². The zero-order chi connectivity index (χ0) is 15.6. The topological polar surface area (TPSA) is 58.2 Å². The smallest absolute Gasteiger partial charge is 0.271 e. The Morgan fingerprint density at radius 2 is 1.86 bits per heavy atom. The first kappa shape index (κ1) is 16.0. The summed E-state index contributed by atoms with van der Waals surface area (Å²) in [6, 6.07) is 7.33. The number of thiophene rings is 1. The van der Waals surface area contributed by atoms with E-state index >= 15 is 0 Å². The van der Waals surface area contributed by atoms with Gasteiger partial charge < -0.3 is 5.32 Å². The van der Waals surface area contributed by atoms with Gasteiger partial charge in [0.25, 0.3) is 10.0 Å². The third-order valence-corrected chi connectivity index (χ3v) is 6.53. The van der Waals surface area contributed by atoms with E-state index in [0.717, 1.165) is 21.6 Å². The molecule has 0 unspecified atom stereocenters. The molecule has 1 heterocycles. The number of hydrogen-bond acceptors (Lipinski definition) is 4. The van der Waals surface area contributed by atoms with E-state index in [4.69, 9.17) is 0 Å². The van der Waals surface area contributed by atoms with E-state index in [2.05, 4.69) is 10.0 Å². The SMILES string of the molecule is CNCc1sc(S(=O)(=O)Nc2cccc(C)c2C)cc1C. The second-order valence-corrected chi connectivity index (χ2v) is 8.10. The highest BCUT2D eigenvalue weighted by atomic mass is 32.2. The van der Waals surface area contributed by atoms with Crippen LogP contribution in [0.5, 0.6) is 0 Å². The molecule has 0 saturated carbocycles. The van der Waals surface area contributed by atoms with Crippen LogP contribution in [-0.2, 0) is 16.6 Å². The van der Waals surface area contributed by atoms with Crippen LogP contribution in [0.4, 0.5) is 5.69 Å². The first-order valence-electron chi connectivity index (χ1n) is 6.68. The Bertz CT molecular complexity index is 749. The first-order chi connectivity index (χ1) is 9.85. The van der Waals surface area contributed by atoms with Crippen molar-refractivity contribution in [2.24, 2.45) is 0 Å². The number of rotatable bonds is 5. The van der Waals surface area contributed by atoms with Gasteiger partial charge in [-0.05, 0) is 56.6 Å². The van der Waals surface area contributed by atoms with Gasteiger partial charge >= 0.3 is 0 Å². The molecule has 4 nitrogen and oxygen atoms in total. The maximum atomic E-state index is 12.5. The highest BCUT2D eigenvalue weighted by Gasteiger charge is 2.19. The van der Waals surface area contributed by atoms with Crippen molar-refractivity contribution in [2.75, 3.05) is 11.8 Å². The van der Waals surface area contributed by atoms with Gasteiger partial charge in [-0.25, -0.2) is 8.42 Å². The minimum absolute atomic E-state index is 0.353. The second kappa shape index (κ2) is 6.17. The van der Waals surface area contributed by atoms with Crippen LogP contribution in [0.25, 0.3) is 0 Å². The van der Waals surface area contributed by atoms with Gasteiger partial charge in [0.1, 0.15) is 4.21 Å². The fraction of sp³-hybridized carbons (Fsp3) is 0.333. The molecule has 0 aliphatic carbocycles. The highest BCUT2D eigenvalue weighted by molar-refractivity contribution is 7.94. The summed E-state index contributed by atoms with van der Waals surface area (Å²) >= 11 is 1.31. The van der Waals surface area contributed by atoms with Gasteiger partial charge in [-0.2, -0.15) is 0 Å². The summed E-state index contributed by atoms with van der Waals surface area (Å²) in [6.07, 6.45) is 0. The summed E-state index contributed by atoms with van der Waals surface area (Å²) in [6.45, 7) is 6.49. The molecular weight excluding hydrogens is 304 g/mol. The van der Waals surface area contributed by atoms with Crippen LogP contribution in [0.15, 0.2) is 28.5 Å². The largest absolute Gasteiger partial charge is 0.315 e. The van der Waals surface area contributed by atoms with Crippen LogP contribution >= 0.6 is 11.3 Å². The number of anilines is 1. The number of hydrogen-bond donors (Lipinski definition) is 2. The average Bonchev–Trinajstić information content (AvgIpc) is 2.78. The molecule has 2 N–H and O–H groups in total. The molecular formula is C15H20N2O2S2. The molecule has 1 aromatic carbocycles. The summed E-state index contributed by atoms with van der Waals surface area (Å²) < 4.78 is 28.1. The van der Waals surface area contributed by atoms with E-state index in [9.17, 15) is 8.42 Å². The number of sulfonamides is 1. The second-order valence-electron chi connectivity index (χ2n) is 5.05. The van der Waals surface area contributed by atoms with Crippen molar-refractivity contribution in [1.29, 1.82) is 0 Å². The van der Waals surface area contributed by atoms with Crippen molar-refractivity contribution in [3.8, 4) is 0 Å². The lowest BCUT2D eigenvalue weighted by molar-refractivity contribution is 0.603. The number of aryl methyl sites for hydroxylation is 2. The van der Waals surface area contributed by atoms with Crippen molar-refractivity contribution < 1.29 is 8.42 Å². The van der Waals surface area contributed by atoms with Crippen LogP contribution in [0.2, 0.25) is 0 Å². The zero-order valence-electron chi connectivity index (χ0n) is 12.6. The normalized spacial score (nSPS) is 11.6. The summed E-state index contributed by atoms with van der Waals surface area (Å²) in [5.41, 5.74) is 3.64. The van der Waals surface area contributed by atoms with Crippen LogP contribution < -0.4 is 10.0 Å². The Hall–Kier alpha value is -1.37. The molecule has 0 aliphatic heterocycles. The molecule has 0 fully saturated rings. The molecule has 0 atom stereocenters. The monoisotopic (exact) mass is 324 g/mol. The Balaban J connectivity index is 2.34. The molecule has 0 radical (unpaired) electrons. The molecule has 0 saturated heterocycles. The lowest BCUT2D eigenvalue weighted by atomic mass is 10.1. The van der Waals surface area contributed by atoms with Crippen molar-refractivity contribution in [3.05, 3.63) is 45.8 Å². The van der Waals surface area contributed by atoms with Gasteiger partial charge in [-0.15, -0.1) is 11.3 Å². The van der Waals surface area contributed by atoms with Gasteiger partial charge in [-0.1, -0.05) is 12.1 Å². The van der Waals surface area contributed by atoms with Gasteiger partial charge in [0.2, 0.25) is 0 Å². The van der Waals surface area contributed by atoms with Gasteiger partial charge in [-0.3, -0.25) is 4.72 Å². The highest BCUT2D eigenvalue weighted by Crippen LogP contribution is 2.28. The predicted octanol–water partition coefficient (Wildman–Crippen LogP) is 3.19. The lowest BCUT2D eigenvalue weighted by Gasteiger charge is -2.10. The van der Waals surface area contributed by atoms with Crippen LogP contribution in [-0.4, -0.2) is 15.5 Å². The Morgan fingerprint density at radius 1 is 1.14 bits per heavy atom. The minimum Gasteiger partial charge on any atom is -0.315 e. The third-order valence-electron chi connectivity index (χ3n) is 3.45. The predicted molar refractivity (Wildman–Crippen MR) is 88.5 cm³/mol. The quantitative estimate of drug-likeness (QED) is 0.888. The van der Waals surface area contributed by atoms with E-state index in [1.54, 1.807) is 12.1 Å². The van der Waals surface area contributed by atoms with Crippen LogP contribution in [0.3, 0.4) is 0 Å². The van der Waals surface area contributed by atoms with E-state index in [1.165, 1.54) is 11.3 Å². The fourth-order valence-electron chi connectivity index (χ4n) is 2.01. The molecule has 0 spiro atoms. The van der Waals surface area contributed by atoms with Crippen LogP contribution in [0.1, 0.15) is 21.6 Å². The third kappa shape index (κ3) is 3.45. The van der Waals surface area contributed by atoms with Crippen molar-refractivity contribution in [3.63, 3.8) is 0 Å². The molecule has 0 amide bonds. The Kier molecular flexibility index (Phi) is 4.70. The lowest BCUT2D eigenvalue weighted by Crippen LogP contribution is -2.12. The molecule has 2 aromatic rings. The summed E-state index contributed by atoms with van der Waals surface area (Å²) in [5.74, 6) is 0. The molecule has 114 valence electrons. The number of nitrogens with one attached hydrogen (secondary N) is 2. The Morgan fingerprint density at radius 3 is 2.52 bits per heavy atom. The summed E-state index contributed by atoms with van der Waals surface area (Å²) in [5, 5.41) is 3.05. The summed E-state index contributed by atoms with van der Waals surface area (Å²) in [4.78, 5) is 1.04. The first-order valence-corrected chi connectivity index (χ1v) is 8.98. The van der Waals surface area contributed by atoms with Crippen molar-refractivity contribution in [2.45, 2.75) is 31.5 Å². The molecule has 21 heavy (non-hydrogen) atoms. The van der Waals surface area contributed by atoms with Crippen molar-refractivity contribution >= 4 is 27.0 Å². The molecule has 2 rings (SSSR count). The number of benzene rings is 1. The maximum Gasteiger partial charge on any atom is 0.271 e. The van der Waals surface area contributed by atoms with Gasteiger partial charge in [0, 0.05) is 11.4 Å². The standard InChI is InChI=1S/C15H20N2O2S2/c1-10-6-5-7-13(12(10)3)17-21(18,19)15-8-11(2)14(20-15)9-16-4/h5-8,16-17H,9H2,1-4H3. The summed E-state index contributed by atoms with van der Waals surface area (Å²) in [7, 11) is -1.68. The van der Waals surface area contributed by atoms with E-state index in [0.29, 0.717) is 16.4 Å². The van der Waals surface area contributed by atoms with E-state index < -0.39 is 10.0 Å². The van der Waals surface area contributed by atoms with E-state index in [1.807, 2.05) is 40.0 Å². The maximum absolute atomic E-state index is 12.5. The average molecular weight is 324 g/mol. The Labute approximate surface area is 130 Å². The molecule has 0 bridgehead atoms. The zero-order valence-corrected chi connectivity index (χ0v) is 14.3. The van der Waals surface area contributed by atoms with Crippen LogP contribution in [0, 0.1) is 20.8 Å². The molecule has 6 heteroatoms. The fourth-order valence-corrected chi connectivity index (χ4v) is 4.74. The van der Waals surface area contributed by atoms with Gasteiger partial charge in [0.05, 0.1) is 5.69 Å². The minimum atomic E-state index is -3.53.